The summed E-state index contributed by atoms with van der Waals surface area (Å²) in [6.45, 7) is 19.6. The number of fused-ring (bicyclic) bond motifs is 1. The molecule has 0 saturated carbocycles. The lowest BCUT2D eigenvalue weighted by molar-refractivity contribution is 0.483. The average molecular weight is 773 g/mol. The third kappa shape index (κ3) is 7.55. The Hall–Kier alpha value is -6.00. The molecule has 15 heteroatoms. The highest BCUT2D eigenvalue weighted by Crippen LogP contribution is 2.41. The van der Waals surface area contributed by atoms with Gasteiger partial charge in [-0.2, -0.15) is 28.7 Å². The van der Waals surface area contributed by atoms with E-state index in [2.05, 4.69) is 57.1 Å². The molecule has 0 radical (unpaired) electrons. The van der Waals surface area contributed by atoms with Gasteiger partial charge in [0.05, 0.1) is 26.4 Å². The molecule has 0 aliphatic heterocycles. The number of aromatic nitrogens is 4. The van der Waals surface area contributed by atoms with Crippen molar-refractivity contribution in [3.8, 4) is 17.3 Å². The minimum atomic E-state index is -4.45. The molecule has 0 saturated heterocycles. The van der Waals surface area contributed by atoms with Gasteiger partial charge in [-0.3, -0.25) is 4.55 Å². The predicted octanol–water partition coefficient (Wildman–Crippen LogP) is 10.2. The first-order chi connectivity index (χ1) is 25.8. The normalized spacial score (nSPS) is 11.9. The van der Waals surface area contributed by atoms with E-state index in [-0.39, 0.29) is 27.5 Å². The third-order valence-corrected chi connectivity index (χ3v) is 11.0. The standard InChI is InChI=1S/C40H40N10O3S2/c1-20-13-22(3)32(23(4)14-20)44-36-28(18-41)26(7)34(37(46-36)45-33-24(5)15-21(2)16-25(33)6)47-48-38-29(19-42)35(40(8,9)10)49-50(38)39-43-30-12-11-27(55(51,52)53)17-31(30)54-39/h11-17H,1-10H3,(H2,44,45,46)(H,51,52,53). The molecule has 0 aliphatic rings. The van der Waals surface area contributed by atoms with Crippen molar-refractivity contribution in [3.05, 3.63) is 98.2 Å². The van der Waals surface area contributed by atoms with E-state index in [9.17, 15) is 23.5 Å². The molecule has 0 bridgehead atoms. The summed E-state index contributed by atoms with van der Waals surface area (Å²) in [6, 6.07) is 16.9. The largest absolute Gasteiger partial charge is 0.339 e. The molecular weight excluding hydrogens is 733 g/mol. The fraction of sp³-hybridized carbons (Fsp3) is 0.275. The molecule has 3 aromatic carbocycles. The van der Waals surface area contributed by atoms with Gasteiger partial charge in [-0.25, -0.2) is 9.97 Å². The number of nitrogens with zero attached hydrogens (tertiary/aromatic N) is 8. The first kappa shape index (κ1) is 38.7. The van der Waals surface area contributed by atoms with Crippen LogP contribution in [-0.2, 0) is 15.5 Å². The Bertz CT molecular complexity index is 2730. The molecule has 280 valence electrons. The zero-order valence-corrected chi connectivity index (χ0v) is 33.8. The van der Waals surface area contributed by atoms with Crippen LogP contribution in [0.1, 0.15) is 76.5 Å². The van der Waals surface area contributed by atoms with Gasteiger partial charge >= 0.3 is 0 Å². The molecule has 0 atom stereocenters. The fourth-order valence-corrected chi connectivity index (χ4v) is 8.17. The van der Waals surface area contributed by atoms with Crippen LogP contribution in [0.2, 0.25) is 0 Å². The second kappa shape index (κ2) is 14.3. The number of rotatable bonds is 8. The Morgan fingerprint density at radius 1 is 0.782 bits per heavy atom. The molecule has 6 aromatic rings. The summed E-state index contributed by atoms with van der Waals surface area (Å²) >= 11 is 1.11. The van der Waals surface area contributed by atoms with Crippen molar-refractivity contribution >= 4 is 66.2 Å². The molecule has 55 heavy (non-hydrogen) atoms. The highest BCUT2D eigenvalue weighted by atomic mass is 32.2. The summed E-state index contributed by atoms with van der Waals surface area (Å²) in [6.07, 6.45) is 0. The predicted molar refractivity (Wildman–Crippen MR) is 216 cm³/mol. The number of pyridine rings is 1. The Morgan fingerprint density at radius 3 is 1.84 bits per heavy atom. The van der Waals surface area contributed by atoms with Crippen LogP contribution in [-0.4, -0.2) is 32.7 Å². The molecule has 0 aliphatic carbocycles. The van der Waals surface area contributed by atoms with Crippen LogP contribution in [0, 0.1) is 71.1 Å². The van der Waals surface area contributed by atoms with Gasteiger partial charge in [0.2, 0.25) is 5.13 Å². The first-order valence-corrected chi connectivity index (χ1v) is 19.5. The van der Waals surface area contributed by atoms with E-state index < -0.39 is 15.5 Å². The SMILES string of the molecule is Cc1cc(C)c(Nc2nc(Nc3c(C)cc(C)cc3C)c(N=Nc3c(C#N)c(C(C)(C)C)nn3-c3nc4ccc(S(=O)(=O)O)cc4s3)c(C)c2C#N)c(C)c1. The van der Waals surface area contributed by atoms with Gasteiger partial charge in [-0.05, 0) is 88.9 Å². The third-order valence-electron chi connectivity index (χ3n) is 9.12. The average Bonchev–Trinajstić information content (AvgIpc) is 3.68. The van der Waals surface area contributed by atoms with Gasteiger partial charge in [0.25, 0.3) is 10.1 Å². The number of thiazole rings is 1. The van der Waals surface area contributed by atoms with Crippen LogP contribution >= 0.6 is 11.3 Å². The van der Waals surface area contributed by atoms with Crippen molar-refractivity contribution in [1.29, 1.82) is 10.5 Å². The molecule has 6 rings (SSSR count). The van der Waals surface area contributed by atoms with Crippen LogP contribution in [0.4, 0.5) is 34.5 Å². The van der Waals surface area contributed by atoms with Crippen LogP contribution in [0.25, 0.3) is 15.3 Å². The van der Waals surface area contributed by atoms with Gasteiger partial charge in [0.1, 0.15) is 23.4 Å². The highest BCUT2D eigenvalue weighted by Gasteiger charge is 2.30. The van der Waals surface area contributed by atoms with Crippen LogP contribution in [0.15, 0.2) is 57.6 Å². The number of aryl methyl sites for hydroxylation is 6. The lowest BCUT2D eigenvalue weighted by Gasteiger charge is -2.19. The number of hydrogen-bond donors (Lipinski definition) is 3. The van der Waals surface area contributed by atoms with Crippen molar-refractivity contribution in [2.24, 2.45) is 10.2 Å². The van der Waals surface area contributed by atoms with E-state index in [0.29, 0.717) is 38.2 Å². The molecule has 0 fully saturated rings. The molecule has 13 nitrogen and oxygen atoms in total. The topological polar surface area (TPSA) is 194 Å². The fourth-order valence-electron chi connectivity index (χ4n) is 6.63. The molecule has 3 N–H and O–H groups in total. The van der Waals surface area contributed by atoms with E-state index in [1.165, 1.54) is 22.9 Å². The van der Waals surface area contributed by atoms with Crippen LogP contribution in [0.5, 0.6) is 0 Å². The Kier molecular flexibility index (Phi) is 10.1. The summed E-state index contributed by atoms with van der Waals surface area (Å²) in [4.78, 5) is 9.37. The second-order valence-electron chi connectivity index (χ2n) is 14.7. The summed E-state index contributed by atoms with van der Waals surface area (Å²) in [5.74, 6) is 0.759. The lowest BCUT2D eigenvalue weighted by atomic mass is 9.90. The quantitative estimate of drug-likeness (QED) is 0.0989. The van der Waals surface area contributed by atoms with Crippen LogP contribution < -0.4 is 10.6 Å². The van der Waals surface area contributed by atoms with Gasteiger partial charge in [-0.1, -0.05) is 67.5 Å². The molecule has 0 unspecified atom stereocenters. The summed E-state index contributed by atoms with van der Waals surface area (Å²) in [5.41, 5.74) is 9.37. The monoisotopic (exact) mass is 772 g/mol. The van der Waals surface area contributed by atoms with E-state index >= 15 is 0 Å². The minimum absolute atomic E-state index is 0.0844. The smallest absolute Gasteiger partial charge is 0.294 e. The van der Waals surface area contributed by atoms with Crippen LogP contribution in [0.3, 0.4) is 0 Å². The zero-order valence-electron chi connectivity index (χ0n) is 32.2. The maximum atomic E-state index is 11.9. The van der Waals surface area contributed by atoms with Gasteiger partial charge in [-0.15, -0.1) is 10.2 Å². The van der Waals surface area contributed by atoms with Gasteiger partial charge in [0.15, 0.2) is 17.5 Å². The maximum absolute atomic E-state index is 11.9. The number of anilines is 4. The summed E-state index contributed by atoms with van der Waals surface area (Å²) in [5, 5.41) is 42.4. The highest BCUT2D eigenvalue weighted by molar-refractivity contribution is 7.85. The van der Waals surface area contributed by atoms with E-state index in [4.69, 9.17) is 15.2 Å². The molecule has 0 amide bonds. The Labute approximate surface area is 324 Å². The van der Waals surface area contributed by atoms with Crippen molar-refractivity contribution in [2.45, 2.75) is 79.5 Å². The minimum Gasteiger partial charge on any atom is -0.339 e. The Balaban J connectivity index is 1.58. The first-order valence-electron chi connectivity index (χ1n) is 17.3. The summed E-state index contributed by atoms with van der Waals surface area (Å²) in [7, 11) is -4.45. The Morgan fingerprint density at radius 2 is 1.33 bits per heavy atom. The molecule has 3 aromatic heterocycles. The number of benzene rings is 3. The molecule has 0 spiro atoms. The maximum Gasteiger partial charge on any atom is 0.294 e. The van der Waals surface area contributed by atoms with Crippen molar-refractivity contribution < 1.29 is 13.0 Å². The van der Waals surface area contributed by atoms with Crippen molar-refractivity contribution in [2.75, 3.05) is 10.6 Å². The van der Waals surface area contributed by atoms with Crippen molar-refractivity contribution in [3.63, 3.8) is 0 Å². The van der Waals surface area contributed by atoms with Gasteiger partial charge in [0, 0.05) is 22.4 Å². The van der Waals surface area contributed by atoms with E-state index in [1.54, 1.807) is 6.92 Å². The number of hydrogen-bond acceptors (Lipinski definition) is 12. The van der Waals surface area contributed by atoms with Crippen molar-refractivity contribution in [1.82, 2.24) is 19.7 Å². The van der Waals surface area contributed by atoms with Gasteiger partial charge < -0.3 is 10.6 Å². The molecule has 3 heterocycles. The van der Waals surface area contributed by atoms with E-state index in [1.807, 2.05) is 62.3 Å². The second-order valence-corrected chi connectivity index (χ2v) is 17.1. The number of nitrogens with one attached hydrogen (secondary N) is 2. The lowest BCUT2D eigenvalue weighted by Crippen LogP contribution is -2.14. The number of azo groups is 1. The molecular formula is C40H40N10O3S2. The zero-order chi connectivity index (χ0) is 40.1. The van der Waals surface area contributed by atoms with E-state index in [0.717, 1.165) is 56.1 Å². The number of nitriles is 2. The summed E-state index contributed by atoms with van der Waals surface area (Å²) < 4.78 is 35.3.